The number of halogens is 4. The highest BCUT2D eigenvalue weighted by atomic mass is 79.9. The van der Waals surface area contributed by atoms with E-state index in [0.717, 1.165) is 12.1 Å². The van der Waals surface area contributed by atoms with Crippen molar-refractivity contribution < 1.29 is 21.6 Å². The van der Waals surface area contributed by atoms with Crippen LogP contribution in [-0.4, -0.2) is 8.42 Å². The average Bonchev–Trinajstić information content (AvgIpc) is 2.06. The molecule has 0 amide bonds. The maximum atomic E-state index is 13.2. The summed E-state index contributed by atoms with van der Waals surface area (Å²) in [4.78, 5) is -0.904. The Kier molecular flexibility index (Phi) is 3.41. The summed E-state index contributed by atoms with van der Waals surface area (Å²) in [7, 11) is -4.36. The van der Waals surface area contributed by atoms with Gasteiger partial charge >= 0.3 is 0 Å². The summed E-state index contributed by atoms with van der Waals surface area (Å²) in [6.07, 6.45) is -3.25. The van der Waals surface area contributed by atoms with Crippen LogP contribution in [0.15, 0.2) is 21.5 Å². The number of benzene rings is 1. The van der Waals surface area contributed by atoms with Crippen molar-refractivity contribution in [3.63, 3.8) is 0 Å². The van der Waals surface area contributed by atoms with E-state index >= 15 is 0 Å². The van der Waals surface area contributed by atoms with Gasteiger partial charge in [0.05, 0.1) is 14.9 Å². The van der Waals surface area contributed by atoms with Gasteiger partial charge in [0.15, 0.2) is 0 Å². The molecule has 1 aromatic carbocycles. The lowest BCUT2D eigenvalue weighted by Gasteiger charge is -2.08. The van der Waals surface area contributed by atoms with Gasteiger partial charge in [-0.2, -0.15) is 0 Å². The largest absolute Gasteiger partial charge is 0.268 e. The quantitative estimate of drug-likeness (QED) is 0.910. The van der Waals surface area contributed by atoms with E-state index in [-0.39, 0.29) is 4.47 Å². The molecule has 0 fully saturated rings. The van der Waals surface area contributed by atoms with E-state index in [2.05, 4.69) is 21.1 Å². The van der Waals surface area contributed by atoms with Crippen molar-refractivity contribution in [3.05, 3.63) is 28.0 Å². The highest BCUT2D eigenvalue weighted by Crippen LogP contribution is 2.32. The van der Waals surface area contributed by atoms with Crippen molar-refractivity contribution >= 4 is 26.0 Å². The number of sulfonamides is 1. The van der Waals surface area contributed by atoms with Crippen molar-refractivity contribution in [1.29, 1.82) is 0 Å². The molecule has 0 aliphatic heterocycles. The van der Waals surface area contributed by atoms with E-state index in [0.29, 0.717) is 0 Å². The molecule has 15 heavy (non-hydrogen) atoms. The standard InChI is InChI=1S/C7H5BrF3NO2S/c8-3-1-2-4(15(12,13)14)5(6(3)9)7(10)11/h1-2,7H,(H2,12,13,14). The molecule has 2 N–H and O–H groups in total. The van der Waals surface area contributed by atoms with Crippen LogP contribution in [0.1, 0.15) is 12.0 Å². The second-order valence-corrected chi connectivity index (χ2v) is 5.00. The van der Waals surface area contributed by atoms with Crippen LogP contribution in [-0.2, 0) is 10.0 Å². The van der Waals surface area contributed by atoms with E-state index in [1.165, 1.54) is 0 Å². The fourth-order valence-electron chi connectivity index (χ4n) is 1.00. The zero-order valence-electron chi connectivity index (χ0n) is 7.05. The predicted octanol–water partition coefficient (Wildman–Crippen LogP) is 2.17. The number of rotatable bonds is 2. The molecule has 1 rings (SSSR count). The summed E-state index contributed by atoms with van der Waals surface area (Å²) >= 11 is 2.67. The van der Waals surface area contributed by atoms with Crippen molar-refractivity contribution in [3.8, 4) is 0 Å². The van der Waals surface area contributed by atoms with Gasteiger partial charge in [-0.1, -0.05) is 0 Å². The molecule has 0 unspecified atom stereocenters. The molecule has 8 heteroatoms. The van der Waals surface area contributed by atoms with Gasteiger partial charge in [-0.3, -0.25) is 0 Å². The smallest absolute Gasteiger partial charge is 0.225 e. The maximum Gasteiger partial charge on any atom is 0.268 e. The summed E-state index contributed by atoms with van der Waals surface area (Å²) < 4.78 is 59.6. The first-order valence-electron chi connectivity index (χ1n) is 3.54. The minimum Gasteiger partial charge on any atom is -0.225 e. The number of alkyl halides is 2. The number of hydrogen-bond donors (Lipinski definition) is 1. The normalized spacial score (nSPS) is 12.1. The number of hydrogen-bond acceptors (Lipinski definition) is 2. The first-order chi connectivity index (χ1) is 6.75. The molecular weight excluding hydrogens is 299 g/mol. The minimum absolute atomic E-state index is 0.245. The fourth-order valence-corrected chi connectivity index (χ4v) is 2.09. The molecule has 0 bridgehead atoms. The first kappa shape index (κ1) is 12.5. The zero-order valence-corrected chi connectivity index (χ0v) is 9.45. The second-order valence-electron chi connectivity index (χ2n) is 2.62. The average molecular weight is 304 g/mol. The zero-order chi connectivity index (χ0) is 11.8. The lowest BCUT2D eigenvalue weighted by atomic mass is 10.2. The summed E-state index contributed by atoms with van der Waals surface area (Å²) in [5.41, 5.74) is -1.22. The van der Waals surface area contributed by atoms with E-state index in [4.69, 9.17) is 0 Å². The highest BCUT2D eigenvalue weighted by Gasteiger charge is 2.25. The Labute approximate surface area is 92.3 Å². The van der Waals surface area contributed by atoms with Crippen LogP contribution in [0.25, 0.3) is 0 Å². The Bertz CT molecular complexity index is 489. The molecule has 0 spiro atoms. The Morgan fingerprint density at radius 1 is 1.33 bits per heavy atom. The summed E-state index contributed by atoms with van der Waals surface area (Å²) in [5.74, 6) is -1.32. The molecule has 0 heterocycles. The molecule has 1 aromatic rings. The van der Waals surface area contributed by atoms with E-state index in [1.807, 2.05) is 0 Å². The van der Waals surface area contributed by atoms with Crippen molar-refractivity contribution in [2.24, 2.45) is 5.14 Å². The summed E-state index contributed by atoms with van der Waals surface area (Å²) in [6, 6.07) is 1.82. The predicted molar refractivity (Wildman–Crippen MR) is 50.4 cm³/mol. The van der Waals surface area contributed by atoms with Gasteiger partial charge in [-0.25, -0.2) is 26.7 Å². The molecule has 0 saturated carbocycles. The molecule has 84 valence electrons. The molecule has 0 radical (unpaired) electrons. The van der Waals surface area contributed by atoms with Crippen LogP contribution < -0.4 is 5.14 Å². The van der Waals surface area contributed by atoms with Crippen LogP contribution in [0.4, 0.5) is 13.2 Å². The van der Waals surface area contributed by atoms with E-state index in [1.54, 1.807) is 0 Å². The fraction of sp³-hybridized carbons (Fsp3) is 0.143. The van der Waals surface area contributed by atoms with Crippen LogP contribution in [0.5, 0.6) is 0 Å². The molecule has 0 aromatic heterocycles. The van der Waals surface area contributed by atoms with Gasteiger partial charge in [-0.05, 0) is 28.1 Å². The minimum atomic E-state index is -4.36. The van der Waals surface area contributed by atoms with Crippen molar-refractivity contribution in [2.45, 2.75) is 11.3 Å². The van der Waals surface area contributed by atoms with Crippen molar-refractivity contribution in [1.82, 2.24) is 0 Å². The van der Waals surface area contributed by atoms with Crippen molar-refractivity contribution in [2.75, 3.05) is 0 Å². The SMILES string of the molecule is NS(=O)(=O)c1ccc(Br)c(F)c1C(F)F. The molecule has 0 atom stereocenters. The number of nitrogens with two attached hydrogens (primary N) is 1. The Hall–Kier alpha value is -0.600. The topological polar surface area (TPSA) is 60.2 Å². The Balaban J connectivity index is 3.62. The Morgan fingerprint density at radius 3 is 2.27 bits per heavy atom. The monoisotopic (exact) mass is 303 g/mol. The number of primary sulfonamides is 1. The van der Waals surface area contributed by atoms with Gasteiger partial charge in [-0.15, -0.1) is 0 Å². The van der Waals surface area contributed by atoms with Crippen LogP contribution in [0, 0.1) is 5.82 Å². The third-order valence-corrected chi connectivity index (χ3v) is 3.20. The molecular formula is C7H5BrF3NO2S. The first-order valence-corrected chi connectivity index (χ1v) is 5.88. The second kappa shape index (κ2) is 4.11. The molecule has 0 aliphatic carbocycles. The van der Waals surface area contributed by atoms with Gasteiger partial charge in [0.2, 0.25) is 10.0 Å². The van der Waals surface area contributed by atoms with Gasteiger partial charge in [0, 0.05) is 0 Å². The third-order valence-electron chi connectivity index (χ3n) is 1.62. The molecule has 0 saturated heterocycles. The van der Waals surface area contributed by atoms with Crippen LogP contribution in [0.3, 0.4) is 0 Å². The Morgan fingerprint density at radius 2 is 1.87 bits per heavy atom. The summed E-state index contributed by atoms with van der Waals surface area (Å²) in [5, 5.41) is 4.67. The lowest BCUT2D eigenvalue weighted by Crippen LogP contribution is -2.16. The van der Waals surface area contributed by atoms with Crippen LogP contribution >= 0.6 is 15.9 Å². The lowest BCUT2D eigenvalue weighted by molar-refractivity contribution is 0.142. The van der Waals surface area contributed by atoms with Gasteiger partial charge in [0.25, 0.3) is 6.43 Å². The maximum absolute atomic E-state index is 13.2. The summed E-state index contributed by atoms with van der Waals surface area (Å²) in [6.45, 7) is 0. The van der Waals surface area contributed by atoms with E-state index in [9.17, 15) is 21.6 Å². The van der Waals surface area contributed by atoms with Crippen LogP contribution in [0.2, 0.25) is 0 Å². The molecule has 3 nitrogen and oxygen atoms in total. The van der Waals surface area contributed by atoms with Gasteiger partial charge < -0.3 is 0 Å². The van der Waals surface area contributed by atoms with Gasteiger partial charge in [0.1, 0.15) is 5.82 Å². The van der Waals surface area contributed by atoms with E-state index < -0.39 is 32.7 Å². The highest BCUT2D eigenvalue weighted by molar-refractivity contribution is 9.10. The molecule has 0 aliphatic rings. The third kappa shape index (κ3) is 2.50.